The Morgan fingerprint density at radius 3 is 2.11 bits per heavy atom. The van der Waals surface area contributed by atoms with Crippen molar-refractivity contribution in [2.75, 3.05) is 0 Å². The molecule has 0 amide bonds. The first-order valence-corrected chi connectivity index (χ1v) is 7.69. The number of hydrogen-bond acceptors (Lipinski definition) is 1. The fraction of sp³-hybridized carbons (Fsp3) is 0.375. The number of rotatable bonds is 4. The maximum absolute atomic E-state index is 6.54. The first kappa shape index (κ1) is 13.6. The number of benzene rings is 1. The number of hydrogen-bond donors (Lipinski definition) is 0. The van der Waals surface area contributed by atoms with Gasteiger partial charge in [-0.05, 0) is 35.6 Å². The second-order valence-corrected chi connectivity index (χ2v) is 6.48. The van der Waals surface area contributed by atoms with Crippen LogP contribution in [-0.4, -0.2) is 0 Å². The van der Waals surface area contributed by atoms with Crippen LogP contribution in [0.15, 0.2) is 36.4 Å². The van der Waals surface area contributed by atoms with Crippen molar-refractivity contribution in [2.45, 2.75) is 38.5 Å². The van der Waals surface area contributed by atoms with Crippen LogP contribution in [0.4, 0.5) is 0 Å². The summed E-state index contributed by atoms with van der Waals surface area (Å²) in [5.74, 6) is 0.571. The van der Waals surface area contributed by atoms with Crippen LogP contribution < -0.4 is 0 Å². The van der Waals surface area contributed by atoms with Gasteiger partial charge in [-0.2, -0.15) is 0 Å². The van der Waals surface area contributed by atoms with Gasteiger partial charge in [-0.3, -0.25) is 0 Å². The lowest BCUT2D eigenvalue weighted by Crippen LogP contribution is -1.92. The third-order valence-corrected chi connectivity index (χ3v) is 5.09. The average molecular weight is 279 g/mol. The van der Waals surface area contributed by atoms with Gasteiger partial charge in [0.05, 0.1) is 5.38 Å². The van der Waals surface area contributed by atoms with Crippen molar-refractivity contribution < 1.29 is 0 Å². The van der Waals surface area contributed by atoms with Crippen LogP contribution in [0, 0.1) is 0 Å². The van der Waals surface area contributed by atoms with E-state index >= 15 is 0 Å². The van der Waals surface area contributed by atoms with Gasteiger partial charge in [0.25, 0.3) is 0 Å². The molecule has 0 nitrogen and oxygen atoms in total. The predicted octanol–water partition coefficient (Wildman–Crippen LogP) is 5.76. The highest BCUT2D eigenvalue weighted by Crippen LogP contribution is 2.34. The first-order valence-electron chi connectivity index (χ1n) is 6.44. The van der Waals surface area contributed by atoms with E-state index in [1.54, 1.807) is 0 Å². The summed E-state index contributed by atoms with van der Waals surface area (Å²) in [5, 5.41) is -0.0171. The largest absolute Gasteiger partial charge is 0.143 e. The molecule has 0 spiro atoms. The minimum atomic E-state index is -0.0171. The Morgan fingerprint density at radius 1 is 1.00 bits per heavy atom. The van der Waals surface area contributed by atoms with E-state index in [1.165, 1.54) is 20.9 Å². The first-order chi connectivity index (χ1) is 8.61. The molecule has 18 heavy (non-hydrogen) atoms. The Morgan fingerprint density at radius 2 is 1.61 bits per heavy atom. The summed E-state index contributed by atoms with van der Waals surface area (Å²) >= 11 is 8.36. The topological polar surface area (TPSA) is 0 Å². The van der Waals surface area contributed by atoms with Crippen LogP contribution in [0.3, 0.4) is 0 Å². The molecule has 0 radical (unpaired) electrons. The van der Waals surface area contributed by atoms with Gasteiger partial charge in [0.2, 0.25) is 0 Å². The van der Waals surface area contributed by atoms with E-state index in [-0.39, 0.29) is 5.38 Å². The average Bonchev–Trinajstić information content (AvgIpc) is 2.86. The quantitative estimate of drug-likeness (QED) is 0.624. The highest BCUT2D eigenvalue weighted by molar-refractivity contribution is 7.12. The summed E-state index contributed by atoms with van der Waals surface area (Å²) in [6.45, 7) is 6.59. The van der Waals surface area contributed by atoms with Gasteiger partial charge >= 0.3 is 0 Å². The molecule has 1 heterocycles. The third kappa shape index (κ3) is 2.96. The molecule has 0 aliphatic heterocycles. The standard InChI is InChI=1S/C16H19ClS/c1-4-14-9-10-15(18-14)16(17)13-7-5-12(6-8-13)11(2)3/h5-11,16H,4H2,1-3H3. The van der Waals surface area contributed by atoms with Crippen LogP contribution >= 0.6 is 22.9 Å². The van der Waals surface area contributed by atoms with Crippen LogP contribution in [0.5, 0.6) is 0 Å². The minimum absolute atomic E-state index is 0.0171. The van der Waals surface area contributed by atoms with Crippen molar-refractivity contribution in [2.24, 2.45) is 0 Å². The van der Waals surface area contributed by atoms with E-state index in [9.17, 15) is 0 Å². The van der Waals surface area contributed by atoms with Gasteiger partial charge in [-0.25, -0.2) is 0 Å². The maximum atomic E-state index is 6.54. The molecule has 0 saturated carbocycles. The fourth-order valence-electron chi connectivity index (χ4n) is 1.93. The van der Waals surface area contributed by atoms with Gasteiger partial charge in [0.15, 0.2) is 0 Å². The molecular weight excluding hydrogens is 260 g/mol. The molecule has 1 unspecified atom stereocenters. The highest BCUT2D eigenvalue weighted by Gasteiger charge is 2.13. The van der Waals surface area contributed by atoms with Crippen LogP contribution in [-0.2, 0) is 6.42 Å². The molecule has 0 N–H and O–H groups in total. The van der Waals surface area contributed by atoms with Gasteiger partial charge < -0.3 is 0 Å². The van der Waals surface area contributed by atoms with Crippen molar-refractivity contribution in [1.82, 2.24) is 0 Å². The molecular formula is C16H19ClS. The van der Waals surface area contributed by atoms with E-state index in [2.05, 4.69) is 57.2 Å². The molecule has 0 aliphatic carbocycles. The lowest BCUT2D eigenvalue weighted by atomic mass is 10.0. The molecule has 2 aromatic rings. The van der Waals surface area contributed by atoms with Crippen molar-refractivity contribution in [3.05, 3.63) is 57.3 Å². The Balaban J connectivity index is 2.20. The zero-order valence-electron chi connectivity index (χ0n) is 11.1. The van der Waals surface area contributed by atoms with Crippen molar-refractivity contribution >= 4 is 22.9 Å². The molecule has 0 aliphatic rings. The van der Waals surface area contributed by atoms with Crippen molar-refractivity contribution in [1.29, 1.82) is 0 Å². The molecule has 2 rings (SSSR count). The zero-order chi connectivity index (χ0) is 13.1. The van der Waals surface area contributed by atoms with Gasteiger partial charge in [0.1, 0.15) is 0 Å². The SMILES string of the molecule is CCc1ccc(C(Cl)c2ccc(C(C)C)cc2)s1. The fourth-order valence-corrected chi connectivity index (χ4v) is 3.25. The summed E-state index contributed by atoms with van der Waals surface area (Å²) in [6, 6.07) is 13.0. The number of thiophene rings is 1. The number of alkyl halides is 1. The second-order valence-electron chi connectivity index (χ2n) is 4.84. The van der Waals surface area contributed by atoms with Gasteiger partial charge in [-0.1, -0.05) is 45.0 Å². The van der Waals surface area contributed by atoms with E-state index < -0.39 is 0 Å². The predicted molar refractivity (Wildman–Crippen MR) is 81.9 cm³/mol. The van der Waals surface area contributed by atoms with Crippen LogP contribution in [0.25, 0.3) is 0 Å². The molecule has 0 fully saturated rings. The summed E-state index contributed by atoms with van der Waals surface area (Å²) < 4.78 is 0. The molecule has 1 atom stereocenters. The Bertz CT molecular complexity index is 496. The maximum Gasteiger partial charge on any atom is 0.0927 e. The monoisotopic (exact) mass is 278 g/mol. The highest BCUT2D eigenvalue weighted by atomic mass is 35.5. The second kappa shape index (κ2) is 5.90. The number of aryl methyl sites for hydroxylation is 1. The molecule has 0 bridgehead atoms. The van der Waals surface area contributed by atoms with Crippen molar-refractivity contribution in [3.8, 4) is 0 Å². The van der Waals surface area contributed by atoms with Crippen LogP contribution in [0.1, 0.15) is 52.9 Å². The van der Waals surface area contributed by atoms with E-state index in [4.69, 9.17) is 11.6 Å². The summed E-state index contributed by atoms with van der Waals surface area (Å²) in [6.07, 6.45) is 1.08. The lowest BCUT2D eigenvalue weighted by molar-refractivity contribution is 0.865. The lowest BCUT2D eigenvalue weighted by Gasteiger charge is -2.10. The van der Waals surface area contributed by atoms with Gasteiger partial charge in [-0.15, -0.1) is 22.9 Å². The molecule has 96 valence electrons. The Hall–Kier alpha value is -0.790. The normalized spacial score (nSPS) is 12.9. The van der Waals surface area contributed by atoms with E-state index in [1.807, 2.05) is 11.3 Å². The Labute approximate surface area is 119 Å². The van der Waals surface area contributed by atoms with E-state index in [0.29, 0.717) is 5.92 Å². The van der Waals surface area contributed by atoms with Crippen LogP contribution in [0.2, 0.25) is 0 Å². The Kier molecular flexibility index (Phi) is 4.47. The minimum Gasteiger partial charge on any atom is -0.143 e. The summed E-state index contributed by atoms with van der Waals surface area (Å²) in [7, 11) is 0. The third-order valence-electron chi connectivity index (χ3n) is 3.18. The van der Waals surface area contributed by atoms with E-state index in [0.717, 1.165) is 6.42 Å². The molecule has 1 aromatic heterocycles. The van der Waals surface area contributed by atoms with Gasteiger partial charge in [0, 0.05) is 9.75 Å². The molecule has 2 heteroatoms. The van der Waals surface area contributed by atoms with Crippen molar-refractivity contribution in [3.63, 3.8) is 0 Å². The zero-order valence-corrected chi connectivity index (χ0v) is 12.7. The summed E-state index contributed by atoms with van der Waals surface area (Å²) in [5.41, 5.74) is 2.55. The molecule has 1 aromatic carbocycles. The number of halogens is 1. The summed E-state index contributed by atoms with van der Waals surface area (Å²) in [4.78, 5) is 2.64. The smallest absolute Gasteiger partial charge is 0.0927 e. The molecule has 0 saturated heterocycles.